The molecule has 8 nitrogen and oxygen atoms in total. The molecule has 1 N–H and O–H groups in total. The van der Waals surface area contributed by atoms with Crippen LogP contribution in [0.3, 0.4) is 0 Å². The van der Waals surface area contributed by atoms with Crippen LogP contribution in [0.15, 0.2) is 4.90 Å². The predicted octanol–water partition coefficient (Wildman–Crippen LogP) is 0.242. The van der Waals surface area contributed by atoms with Gasteiger partial charge in [-0.25, -0.2) is 8.42 Å². The molecule has 1 rings (SSSR count). The molecule has 9 heteroatoms. The molecule has 0 unspecified atom stereocenters. The zero-order chi connectivity index (χ0) is 16.2. The molecule has 0 saturated heterocycles. The highest BCUT2D eigenvalue weighted by atomic mass is 32.2. The van der Waals surface area contributed by atoms with Gasteiger partial charge in [0, 0.05) is 20.7 Å². The van der Waals surface area contributed by atoms with E-state index in [1.807, 2.05) is 0 Å². The molecule has 0 spiro atoms. The first-order chi connectivity index (χ1) is 9.71. The highest BCUT2D eigenvalue weighted by Gasteiger charge is 2.28. The van der Waals surface area contributed by atoms with Gasteiger partial charge in [0.2, 0.25) is 10.0 Å². The van der Waals surface area contributed by atoms with E-state index in [9.17, 15) is 13.2 Å². The van der Waals surface area contributed by atoms with Crippen molar-refractivity contribution in [1.29, 1.82) is 0 Å². The Hall–Kier alpha value is -1.45. The molecule has 0 fully saturated rings. The lowest BCUT2D eigenvalue weighted by Gasteiger charge is -2.16. The molecule has 0 aromatic carbocycles. The quantitative estimate of drug-likeness (QED) is 0.736. The fourth-order valence-electron chi connectivity index (χ4n) is 1.97. The normalized spacial score (nSPS) is 12.0. The van der Waals surface area contributed by atoms with E-state index in [0.717, 1.165) is 0 Å². The van der Waals surface area contributed by atoms with Crippen LogP contribution in [0, 0.1) is 13.8 Å². The molecule has 21 heavy (non-hydrogen) atoms. The van der Waals surface area contributed by atoms with Gasteiger partial charge in [0.15, 0.2) is 0 Å². The van der Waals surface area contributed by atoms with Crippen molar-refractivity contribution in [2.75, 3.05) is 27.3 Å². The van der Waals surface area contributed by atoms with Crippen molar-refractivity contribution < 1.29 is 23.1 Å². The van der Waals surface area contributed by atoms with Gasteiger partial charge in [-0.15, -0.1) is 0 Å². The summed E-state index contributed by atoms with van der Waals surface area (Å²) in [6.45, 7) is 3.89. The molecular weight excluding hydrogens is 298 g/mol. The lowest BCUT2D eigenvalue weighted by Crippen LogP contribution is -2.30. The monoisotopic (exact) mass is 319 g/mol. The number of ether oxygens (including phenoxy) is 1. The molecule has 0 aliphatic carbocycles. The average molecular weight is 319 g/mol. The molecule has 0 bridgehead atoms. The van der Waals surface area contributed by atoms with E-state index in [1.54, 1.807) is 13.8 Å². The summed E-state index contributed by atoms with van der Waals surface area (Å²) in [4.78, 5) is 10.7. The molecule has 0 radical (unpaired) electrons. The Labute approximate surface area is 124 Å². The number of carboxylic acid groups (broad SMARTS) is 1. The maximum atomic E-state index is 12.5. The van der Waals surface area contributed by atoms with Gasteiger partial charge in [0.1, 0.15) is 4.90 Å². The van der Waals surface area contributed by atoms with Crippen molar-refractivity contribution in [2.45, 2.75) is 31.7 Å². The molecule has 1 aromatic heterocycles. The lowest BCUT2D eigenvalue weighted by molar-refractivity contribution is -0.137. The number of nitrogens with zero attached hydrogens (tertiary/aromatic N) is 3. The predicted molar refractivity (Wildman–Crippen MR) is 75.6 cm³/mol. The molecule has 1 heterocycles. The lowest BCUT2D eigenvalue weighted by atomic mass is 10.4. The van der Waals surface area contributed by atoms with Crippen LogP contribution in [0.4, 0.5) is 0 Å². The van der Waals surface area contributed by atoms with Crippen molar-refractivity contribution in [2.24, 2.45) is 0 Å². The number of likely N-dealkylation sites (N-methyl/N-ethyl adjacent to an activating group) is 1. The minimum absolute atomic E-state index is 0.110. The van der Waals surface area contributed by atoms with Crippen LogP contribution < -0.4 is 0 Å². The topological polar surface area (TPSA) is 102 Å². The first kappa shape index (κ1) is 17.6. The van der Waals surface area contributed by atoms with Crippen LogP contribution in [-0.2, 0) is 26.1 Å². The second-order valence-electron chi connectivity index (χ2n) is 4.69. The Bertz CT molecular complexity index is 609. The number of aryl methyl sites for hydroxylation is 2. The van der Waals surface area contributed by atoms with Crippen LogP contribution in [0.25, 0.3) is 0 Å². The summed E-state index contributed by atoms with van der Waals surface area (Å²) >= 11 is 0. The maximum Gasteiger partial charge on any atom is 0.305 e. The Morgan fingerprint density at radius 3 is 2.57 bits per heavy atom. The van der Waals surface area contributed by atoms with Crippen molar-refractivity contribution in [3.8, 4) is 0 Å². The summed E-state index contributed by atoms with van der Waals surface area (Å²) in [7, 11) is -0.693. The van der Waals surface area contributed by atoms with Crippen LogP contribution >= 0.6 is 0 Å². The number of hydrogen-bond acceptors (Lipinski definition) is 5. The van der Waals surface area contributed by atoms with E-state index < -0.39 is 16.0 Å². The fourth-order valence-corrected chi connectivity index (χ4v) is 3.49. The number of hydrogen-bond donors (Lipinski definition) is 1. The van der Waals surface area contributed by atoms with Crippen molar-refractivity contribution in [1.82, 2.24) is 14.1 Å². The Morgan fingerprint density at radius 2 is 2.05 bits per heavy atom. The smallest absolute Gasteiger partial charge is 0.305 e. The van der Waals surface area contributed by atoms with Gasteiger partial charge in [0.25, 0.3) is 0 Å². The number of carbonyl (C=O) groups is 1. The molecule has 0 amide bonds. The van der Waals surface area contributed by atoms with Crippen LogP contribution in [0.5, 0.6) is 0 Å². The fraction of sp³-hybridized carbons (Fsp3) is 0.667. The van der Waals surface area contributed by atoms with E-state index in [4.69, 9.17) is 9.84 Å². The van der Waals surface area contributed by atoms with Gasteiger partial charge in [-0.2, -0.15) is 9.40 Å². The number of rotatable bonds is 8. The summed E-state index contributed by atoms with van der Waals surface area (Å²) in [5.74, 6) is -0.954. The molecular formula is C12H21N3O5S. The number of methoxy groups -OCH3 is 1. The van der Waals surface area contributed by atoms with Crippen molar-refractivity contribution >= 4 is 16.0 Å². The minimum Gasteiger partial charge on any atom is -0.481 e. The molecule has 0 saturated carbocycles. The van der Waals surface area contributed by atoms with Crippen molar-refractivity contribution in [3.63, 3.8) is 0 Å². The molecule has 120 valence electrons. The molecule has 0 aliphatic rings. The van der Waals surface area contributed by atoms with Gasteiger partial charge in [0.05, 0.1) is 31.0 Å². The summed E-state index contributed by atoms with van der Waals surface area (Å²) < 4.78 is 32.6. The number of carboxylic acids is 1. The van der Waals surface area contributed by atoms with E-state index in [1.165, 1.54) is 23.1 Å². The summed E-state index contributed by atoms with van der Waals surface area (Å²) in [5.41, 5.74) is 0.806. The third-order valence-electron chi connectivity index (χ3n) is 3.13. The standard InChI is InChI=1S/C12H21N3O5S/c1-9-12(21(18,19)14(3)7-8-20-4)10(2)15(13-9)6-5-11(16)17/h5-8H2,1-4H3,(H,16,17). The SMILES string of the molecule is COCCN(C)S(=O)(=O)c1c(C)nn(CCC(=O)O)c1C. The van der Waals surface area contributed by atoms with E-state index in [2.05, 4.69) is 5.10 Å². The minimum atomic E-state index is -3.67. The first-order valence-electron chi connectivity index (χ1n) is 6.43. The Morgan fingerprint density at radius 1 is 1.43 bits per heavy atom. The van der Waals surface area contributed by atoms with Gasteiger partial charge < -0.3 is 9.84 Å². The first-order valence-corrected chi connectivity index (χ1v) is 7.87. The second-order valence-corrected chi connectivity index (χ2v) is 6.67. The highest BCUT2D eigenvalue weighted by Crippen LogP contribution is 2.22. The van der Waals surface area contributed by atoms with Crippen molar-refractivity contribution in [3.05, 3.63) is 11.4 Å². The molecule has 0 aliphatic heterocycles. The van der Waals surface area contributed by atoms with Gasteiger partial charge in [-0.05, 0) is 13.8 Å². The van der Waals surface area contributed by atoms with E-state index >= 15 is 0 Å². The van der Waals surface area contributed by atoms with Gasteiger partial charge >= 0.3 is 5.97 Å². The maximum absolute atomic E-state index is 12.5. The third-order valence-corrected chi connectivity index (χ3v) is 5.24. The van der Waals surface area contributed by atoms with E-state index in [0.29, 0.717) is 18.0 Å². The van der Waals surface area contributed by atoms with Gasteiger partial charge in [-0.3, -0.25) is 9.48 Å². The third kappa shape index (κ3) is 4.02. The number of sulfonamides is 1. The van der Waals surface area contributed by atoms with Crippen LogP contribution in [-0.4, -0.2) is 60.9 Å². The zero-order valence-electron chi connectivity index (χ0n) is 12.7. The molecule has 1 aromatic rings. The van der Waals surface area contributed by atoms with Crippen LogP contribution in [0.1, 0.15) is 17.8 Å². The second kappa shape index (κ2) is 7.01. The number of aliphatic carboxylic acids is 1. The molecule has 0 atom stereocenters. The summed E-state index contributed by atoms with van der Waals surface area (Å²) in [6, 6.07) is 0. The van der Waals surface area contributed by atoms with E-state index in [-0.39, 0.29) is 24.4 Å². The van der Waals surface area contributed by atoms with Crippen LogP contribution in [0.2, 0.25) is 0 Å². The average Bonchev–Trinajstić information content (AvgIpc) is 2.68. The zero-order valence-corrected chi connectivity index (χ0v) is 13.5. The highest BCUT2D eigenvalue weighted by molar-refractivity contribution is 7.89. The van der Waals surface area contributed by atoms with Gasteiger partial charge in [-0.1, -0.05) is 0 Å². The summed E-state index contributed by atoms with van der Waals surface area (Å²) in [6.07, 6.45) is -0.110. The Kier molecular flexibility index (Phi) is 5.87. The summed E-state index contributed by atoms with van der Waals surface area (Å²) in [5, 5.41) is 12.8. The largest absolute Gasteiger partial charge is 0.481 e. The Balaban J connectivity index is 3.09. The number of aromatic nitrogens is 2.